The molecule has 7 heteroatoms. The average molecular weight is 290 g/mol. The van der Waals surface area contributed by atoms with Crippen LogP contribution in [-0.2, 0) is 11.0 Å². The summed E-state index contributed by atoms with van der Waals surface area (Å²) >= 11 is 0. The minimum absolute atomic E-state index is 0.0334. The molecule has 1 atom stereocenters. The largest absolute Gasteiger partial charge is 0.419 e. The number of anilines is 1. The highest BCUT2D eigenvalue weighted by atomic mass is 19.4. The van der Waals surface area contributed by atoms with Gasteiger partial charge in [-0.1, -0.05) is 0 Å². The predicted molar refractivity (Wildman–Crippen MR) is 65.6 cm³/mol. The fourth-order valence-corrected chi connectivity index (χ4v) is 2.14. The van der Waals surface area contributed by atoms with Crippen molar-refractivity contribution in [2.24, 2.45) is 5.92 Å². The molecular weight excluding hydrogens is 276 g/mol. The summed E-state index contributed by atoms with van der Waals surface area (Å²) in [5, 5.41) is 5.50. The first-order valence-electron chi connectivity index (χ1n) is 6.26. The van der Waals surface area contributed by atoms with Crippen LogP contribution in [0.1, 0.15) is 18.4 Å². The predicted octanol–water partition coefficient (Wildman–Crippen LogP) is 2.78. The fourth-order valence-electron chi connectivity index (χ4n) is 2.14. The zero-order valence-electron chi connectivity index (χ0n) is 10.6. The molecule has 1 fully saturated rings. The van der Waals surface area contributed by atoms with Gasteiger partial charge in [-0.25, -0.2) is 4.39 Å². The molecule has 0 aliphatic carbocycles. The maximum Gasteiger partial charge on any atom is 0.419 e. The van der Waals surface area contributed by atoms with E-state index in [0.717, 1.165) is 19.0 Å². The van der Waals surface area contributed by atoms with Gasteiger partial charge in [0.15, 0.2) is 0 Å². The molecule has 1 aliphatic heterocycles. The summed E-state index contributed by atoms with van der Waals surface area (Å²) in [5.74, 6) is -1.94. The first-order chi connectivity index (χ1) is 9.38. The van der Waals surface area contributed by atoms with E-state index in [2.05, 4.69) is 10.6 Å². The molecular formula is C13H14F4N2O. The lowest BCUT2D eigenvalue weighted by Crippen LogP contribution is -2.37. The van der Waals surface area contributed by atoms with Crippen molar-refractivity contribution in [3.8, 4) is 0 Å². The minimum Gasteiger partial charge on any atom is -0.326 e. The van der Waals surface area contributed by atoms with E-state index in [1.165, 1.54) is 0 Å². The van der Waals surface area contributed by atoms with Crippen LogP contribution in [0.15, 0.2) is 18.2 Å². The Bertz CT molecular complexity index is 496. The smallest absolute Gasteiger partial charge is 0.326 e. The highest BCUT2D eigenvalue weighted by Gasteiger charge is 2.34. The van der Waals surface area contributed by atoms with Crippen molar-refractivity contribution in [1.29, 1.82) is 0 Å². The highest BCUT2D eigenvalue weighted by molar-refractivity contribution is 5.92. The normalized spacial score (nSPS) is 19.7. The van der Waals surface area contributed by atoms with Crippen LogP contribution < -0.4 is 10.6 Å². The number of piperidine rings is 1. The second-order valence-corrected chi connectivity index (χ2v) is 4.72. The Balaban J connectivity index is 2.06. The third-order valence-corrected chi connectivity index (χ3v) is 3.21. The topological polar surface area (TPSA) is 41.1 Å². The number of carbonyl (C=O) groups is 1. The van der Waals surface area contributed by atoms with E-state index in [1.54, 1.807) is 0 Å². The van der Waals surface area contributed by atoms with E-state index >= 15 is 0 Å². The Labute approximate surface area is 113 Å². The standard InChI is InChI=1S/C13H14F4N2O/c14-11-6-9(3-4-10(11)13(15,16)17)19-12(20)8-2-1-5-18-7-8/h3-4,6,8,18H,1-2,5,7H2,(H,19,20)/t8-/m0/s1. The lowest BCUT2D eigenvalue weighted by atomic mass is 9.99. The number of halogens is 4. The Kier molecular flexibility index (Phi) is 4.27. The van der Waals surface area contributed by atoms with Crippen LogP contribution in [0.3, 0.4) is 0 Å². The molecule has 1 aliphatic rings. The van der Waals surface area contributed by atoms with Crippen molar-refractivity contribution in [1.82, 2.24) is 5.32 Å². The molecule has 110 valence electrons. The summed E-state index contributed by atoms with van der Waals surface area (Å²) in [6, 6.07) is 2.38. The van der Waals surface area contributed by atoms with Gasteiger partial charge in [0.1, 0.15) is 5.82 Å². The van der Waals surface area contributed by atoms with Crippen LogP contribution in [0.5, 0.6) is 0 Å². The van der Waals surface area contributed by atoms with Gasteiger partial charge in [0.2, 0.25) is 5.91 Å². The fraction of sp³-hybridized carbons (Fsp3) is 0.462. The van der Waals surface area contributed by atoms with Crippen molar-refractivity contribution in [3.05, 3.63) is 29.6 Å². The summed E-state index contributed by atoms with van der Waals surface area (Å²) in [4.78, 5) is 11.9. The second kappa shape index (κ2) is 5.78. The van der Waals surface area contributed by atoms with Gasteiger partial charge in [-0.2, -0.15) is 13.2 Å². The number of hydrogen-bond acceptors (Lipinski definition) is 2. The van der Waals surface area contributed by atoms with Gasteiger partial charge in [-0.05, 0) is 37.6 Å². The Hall–Kier alpha value is -1.63. The summed E-state index contributed by atoms with van der Waals surface area (Å²) in [6.45, 7) is 1.37. The van der Waals surface area contributed by atoms with E-state index in [4.69, 9.17) is 0 Å². The molecule has 0 bridgehead atoms. The number of rotatable bonds is 2. The molecule has 0 saturated carbocycles. The molecule has 1 amide bonds. The number of amides is 1. The van der Waals surface area contributed by atoms with Crippen LogP contribution in [0, 0.1) is 11.7 Å². The van der Waals surface area contributed by atoms with Crippen LogP contribution in [0.2, 0.25) is 0 Å². The first kappa shape index (κ1) is 14.8. The Morgan fingerprint density at radius 3 is 2.65 bits per heavy atom. The molecule has 0 unspecified atom stereocenters. The molecule has 1 aromatic rings. The molecule has 1 saturated heterocycles. The second-order valence-electron chi connectivity index (χ2n) is 4.72. The maximum absolute atomic E-state index is 13.4. The van der Waals surface area contributed by atoms with Gasteiger partial charge in [0.05, 0.1) is 11.5 Å². The summed E-state index contributed by atoms with van der Waals surface area (Å²) < 4.78 is 50.5. The van der Waals surface area contributed by atoms with Crippen molar-refractivity contribution < 1.29 is 22.4 Å². The molecule has 0 radical (unpaired) electrons. The van der Waals surface area contributed by atoms with Crippen LogP contribution >= 0.6 is 0 Å². The number of benzene rings is 1. The van der Waals surface area contributed by atoms with Gasteiger partial charge in [0.25, 0.3) is 0 Å². The summed E-state index contributed by atoms with van der Waals surface area (Å²) in [7, 11) is 0. The summed E-state index contributed by atoms with van der Waals surface area (Å²) in [6.07, 6.45) is -3.17. The van der Waals surface area contributed by atoms with E-state index in [-0.39, 0.29) is 17.5 Å². The third-order valence-electron chi connectivity index (χ3n) is 3.21. The van der Waals surface area contributed by atoms with E-state index in [1.807, 2.05) is 0 Å². The molecule has 3 nitrogen and oxygen atoms in total. The lowest BCUT2D eigenvalue weighted by molar-refractivity contribution is -0.139. The molecule has 0 spiro atoms. The van der Waals surface area contributed by atoms with E-state index < -0.39 is 17.6 Å². The molecule has 2 rings (SSSR count). The van der Waals surface area contributed by atoms with Gasteiger partial charge in [-0.15, -0.1) is 0 Å². The number of hydrogen-bond donors (Lipinski definition) is 2. The van der Waals surface area contributed by atoms with Crippen molar-refractivity contribution in [2.45, 2.75) is 19.0 Å². The maximum atomic E-state index is 13.4. The van der Waals surface area contributed by atoms with Crippen LogP contribution in [0.4, 0.5) is 23.2 Å². The highest BCUT2D eigenvalue weighted by Crippen LogP contribution is 2.32. The number of alkyl halides is 3. The van der Waals surface area contributed by atoms with Crippen LogP contribution in [0.25, 0.3) is 0 Å². The third kappa shape index (κ3) is 3.47. The van der Waals surface area contributed by atoms with Gasteiger partial charge < -0.3 is 10.6 Å². The average Bonchev–Trinajstić information content (AvgIpc) is 2.38. The van der Waals surface area contributed by atoms with Gasteiger partial charge in [-0.3, -0.25) is 4.79 Å². The van der Waals surface area contributed by atoms with E-state index in [9.17, 15) is 22.4 Å². The molecule has 1 heterocycles. The van der Waals surface area contributed by atoms with E-state index in [0.29, 0.717) is 25.1 Å². The lowest BCUT2D eigenvalue weighted by Gasteiger charge is -2.22. The van der Waals surface area contributed by atoms with Crippen molar-refractivity contribution in [3.63, 3.8) is 0 Å². The number of nitrogens with one attached hydrogen (secondary N) is 2. The van der Waals surface area contributed by atoms with Crippen LogP contribution in [-0.4, -0.2) is 19.0 Å². The molecule has 20 heavy (non-hydrogen) atoms. The molecule has 0 aromatic heterocycles. The zero-order chi connectivity index (χ0) is 14.8. The number of carbonyl (C=O) groups excluding carboxylic acids is 1. The van der Waals surface area contributed by atoms with Gasteiger partial charge in [0, 0.05) is 12.2 Å². The van der Waals surface area contributed by atoms with Crippen molar-refractivity contribution >= 4 is 11.6 Å². The Morgan fingerprint density at radius 1 is 1.35 bits per heavy atom. The quantitative estimate of drug-likeness (QED) is 0.822. The van der Waals surface area contributed by atoms with Crippen molar-refractivity contribution in [2.75, 3.05) is 18.4 Å². The first-order valence-corrected chi connectivity index (χ1v) is 6.26. The Morgan fingerprint density at radius 2 is 2.10 bits per heavy atom. The molecule has 2 N–H and O–H groups in total. The SMILES string of the molecule is O=C(Nc1ccc(C(F)(F)F)c(F)c1)[C@H]1CCCNC1. The summed E-state index contributed by atoms with van der Waals surface area (Å²) in [5.41, 5.74) is -1.30. The zero-order valence-corrected chi connectivity index (χ0v) is 10.6. The van der Waals surface area contributed by atoms with Gasteiger partial charge >= 0.3 is 6.18 Å². The monoisotopic (exact) mass is 290 g/mol. The molecule has 1 aromatic carbocycles. The minimum atomic E-state index is -4.74.